The molecule has 0 aromatic rings. The maximum Gasteiger partial charge on any atom is 0.184 e. The van der Waals surface area contributed by atoms with Crippen molar-refractivity contribution in [3.8, 4) is 0 Å². The summed E-state index contributed by atoms with van der Waals surface area (Å²) in [4.78, 5) is 0. The number of aliphatic hydroxyl groups excluding tert-OH is 5. The number of rotatable bonds is 1. The smallest absolute Gasteiger partial charge is 0.184 e. The molecule has 0 amide bonds. The van der Waals surface area contributed by atoms with Crippen LogP contribution in [0.1, 0.15) is 12.8 Å². The van der Waals surface area contributed by atoms with Crippen LogP contribution in [0, 0.1) is 0 Å². The van der Waals surface area contributed by atoms with E-state index >= 15 is 0 Å². The summed E-state index contributed by atoms with van der Waals surface area (Å²) in [6.07, 6.45) is -5.94. The van der Waals surface area contributed by atoms with Crippen molar-refractivity contribution >= 4 is 0 Å². The van der Waals surface area contributed by atoms with Crippen molar-refractivity contribution in [3.63, 3.8) is 0 Å². The molecule has 2 fully saturated rings. The van der Waals surface area contributed by atoms with Gasteiger partial charge in [0.25, 0.3) is 0 Å². The highest BCUT2D eigenvalue weighted by Gasteiger charge is 2.45. The third kappa shape index (κ3) is 2.51. The van der Waals surface area contributed by atoms with Crippen LogP contribution in [0.15, 0.2) is 11.3 Å². The first kappa shape index (κ1) is 13.7. The predicted octanol–water partition coefficient (Wildman–Crippen LogP) is -2.02. The maximum absolute atomic E-state index is 10.0. The van der Waals surface area contributed by atoms with Crippen LogP contribution in [0.3, 0.4) is 0 Å². The second-order valence-corrected chi connectivity index (χ2v) is 4.69. The Kier molecular flexibility index (Phi) is 4.21. The summed E-state index contributed by atoms with van der Waals surface area (Å²) in [6, 6.07) is 0. The fourth-order valence-corrected chi connectivity index (χ4v) is 2.26. The van der Waals surface area contributed by atoms with Crippen molar-refractivity contribution in [2.45, 2.75) is 43.5 Å². The molecule has 0 saturated carbocycles. The lowest BCUT2D eigenvalue weighted by Crippen LogP contribution is -2.58. The van der Waals surface area contributed by atoms with Gasteiger partial charge in [-0.25, -0.2) is 0 Å². The first-order valence-corrected chi connectivity index (χ1v) is 6.01. The van der Waals surface area contributed by atoms with Crippen LogP contribution in [-0.2, 0) is 4.74 Å². The number of piperidine rings is 1. The summed E-state index contributed by atoms with van der Waals surface area (Å²) in [6.45, 7) is 1.34. The van der Waals surface area contributed by atoms with E-state index in [9.17, 15) is 25.5 Å². The maximum atomic E-state index is 10.0. The summed E-state index contributed by atoms with van der Waals surface area (Å²) in [5.74, 6) is -0.181. The predicted molar refractivity (Wildman–Crippen MR) is 60.7 cm³/mol. The van der Waals surface area contributed by atoms with Crippen LogP contribution in [0.5, 0.6) is 0 Å². The Morgan fingerprint density at radius 3 is 2.44 bits per heavy atom. The molecule has 0 spiro atoms. The zero-order valence-electron chi connectivity index (χ0n) is 9.86. The molecule has 0 aliphatic carbocycles. The lowest BCUT2D eigenvalue weighted by atomic mass is 9.94. The fourth-order valence-electron chi connectivity index (χ4n) is 2.26. The molecule has 2 rings (SSSR count). The average molecular weight is 261 g/mol. The van der Waals surface area contributed by atoms with Gasteiger partial charge in [-0.05, 0) is 25.0 Å². The van der Waals surface area contributed by atoms with E-state index in [2.05, 4.69) is 5.32 Å². The highest BCUT2D eigenvalue weighted by atomic mass is 16.6. The summed E-state index contributed by atoms with van der Waals surface area (Å²) in [7, 11) is 0. The van der Waals surface area contributed by atoms with Gasteiger partial charge >= 0.3 is 0 Å². The molecule has 0 aromatic carbocycles. The monoisotopic (exact) mass is 261 g/mol. The summed E-state index contributed by atoms with van der Waals surface area (Å²) in [5, 5.41) is 51.1. The van der Waals surface area contributed by atoms with E-state index in [0.717, 1.165) is 13.0 Å². The normalized spacial score (nSPS) is 44.8. The Hall–Kier alpha value is -0.700. The minimum atomic E-state index is -1.63. The SMILES string of the molecule is O/C(=C1\CCCNC1)[C@@H]1OC(O)[C@H](O)[C@@H](O)[C@H]1O. The van der Waals surface area contributed by atoms with Gasteiger partial charge in [0.05, 0.1) is 0 Å². The molecular formula is C11H19NO6. The lowest BCUT2D eigenvalue weighted by molar-refractivity contribution is -0.278. The molecule has 104 valence electrons. The van der Waals surface area contributed by atoms with E-state index < -0.39 is 30.7 Å². The zero-order valence-corrected chi connectivity index (χ0v) is 9.86. The van der Waals surface area contributed by atoms with Crippen LogP contribution in [-0.4, -0.2) is 69.3 Å². The quantitative estimate of drug-likeness (QED) is 0.301. The lowest BCUT2D eigenvalue weighted by Gasteiger charge is -2.38. The number of hydrogen-bond donors (Lipinski definition) is 6. The van der Waals surface area contributed by atoms with Crippen LogP contribution < -0.4 is 5.32 Å². The summed E-state index contributed by atoms with van der Waals surface area (Å²) < 4.78 is 4.96. The van der Waals surface area contributed by atoms with Gasteiger partial charge < -0.3 is 35.6 Å². The molecule has 2 aliphatic heterocycles. The molecule has 7 heteroatoms. The Morgan fingerprint density at radius 2 is 1.83 bits per heavy atom. The van der Waals surface area contributed by atoms with Gasteiger partial charge in [-0.2, -0.15) is 0 Å². The molecule has 2 heterocycles. The van der Waals surface area contributed by atoms with Crippen LogP contribution in [0.2, 0.25) is 0 Å². The van der Waals surface area contributed by atoms with Gasteiger partial charge in [-0.3, -0.25) is 0 Å². The van der Waals surface area contributed by atoms with Crippen molar-refractivity contribution in [2.75, 3.05) is 13.1 Å². The third-order valence-corrected chi connectivity index (χ3v) is 3.39. The van der Waals surface area contributed by atoms with Crippen molar-refractivity contribution in [1.29, 1.82) is 0 Å². The molecule has 5 atom stereocenters. The second-order valence-electron chi connectivity index (χ2n) is 4.69. The number of nitrogens with one attached hydrogen (secondary N) is 1. The molecule has 2 aliphatic rings. The van der Waals surface area contributed by atoms with Gasteiger partial charge in [0, 0.05) is 6.54 Å². The second kappa shape index (κ2) is 5.52. The van der Waals surface area contributed by atoms with Gasteiger partial charge in [-0.15, -0.1) is 0 Å². The van der Waals surface area contributed by atoms with Gasteiger partial charge in [0.2, 0.25) is 0 Å². The first-order chi connectivity index (χ1) is 8.52. The Morgan fingerprint density at radius 1 is 1.11 bits per heavy atom. The van der Waals surface area contributed by atoms with Crippen molar-refractivity contribution in [1.82, 2.24) is 5.32 Å². The molecular weight excluding hydrogens is 242 g/mol. The van der Waals surface area contributed by atoms with Crippen LogP contribution in [0.4, 0.5) is 0 Å². The summed E-state index contributed by atoms with van der Waals surface area (Å²) in [5.41, 5.74) is 0.682. The molecule has 2 saturated heterocycles. The number of aliphatic hydroxyl groups is 5. The molecule has 0 aromatic heterocycles. The Balaban J connectivity index is 2.16. The zero-order chi connectivity index (χ0) is 13.3. The fraction of sp³-hybridized carbons (Fsp3) is 0.818. The molecule has 0 bridgehead atoms. The van der Waals surface area contributed by atoms with Gasteiger partial charge in [-0.1, -0.05) is 0 Å². The Labute approximate surface area is 104 Å². The number of hydrogen-bond acceptors (Lipinski definition) is 7. The molecule has 1 unspecified atom stereocenters. The summed E-state index contributed by atoms with van der Waals surface area (Å²) >= 11 is 0. The standard InChI is InChI=1S/C11H19NO6/c13-6(5-2-1-3-12-4-5)10-8(15)7(14)9(16)11(17)18-10/h7-17H,1-4H2/b6-5+/t7-,8+,9+,10-,11?/m0/s1. The van der Waals surface area contributed by atoms with Gasteiger partial charge in [0.15, 0.2) is 6.29 Å². The van der Waals surface area contributed by atoms with Crippen LogP contribution in [0.25, 0.3) is 0 Å². The van der Waals surface area contributed by atoms with Crippen molar-refractivity contribution < 1.29 is 30.3 Å². The molecule has 0 radical (unpaired) electrons. The third-order valence-electron chi connectivity index (χ3n) is 3.39. The van der Waals surface area contributed by atoms with E-state index in [1.165, 1.54) is 0 Å². The highest BCUT2D eigenvalue weighted by molar-refractivity contribution is 5.18. The molecule has 7 nitrogen and oxygen atoms in total. The van der Waals surface area contributed by atoms with E-state index in [-0.39, 0.29) is 5.76 Å². The van der Waals surface area contributed by atoms with Gasteiger partial charge in [0.1, 0.15) is 30.2 Å². The first-order valence-electron chi connectivity index (χ1n) is 6.01. The highest BCUT2D eigenvalue weighted by Crippen LogP contribution is 2.26. The topological polar surface area (TPSA) is 122 Å². The Bertz CT molecular complexity index is 325. The largest absolute Gasteiger partial charge is 0.509 e. The molecule has 6 N–H and O–H groups in total. The van der Waals surface area contributed by atoms with E-state index in [1.807, 2.05) is 0 Å². The number of ether oxygens (including phenoxy) is 1. The van der Waals surface area contributed by atoms with Crippen molar-refractivity contribution in [2.24, 2.45) is 0 Å². The van der Waals surface area contributed by atoms with E-state index in [1.54, 1.807) is 0 Å². The van der Waals surface area contributed by atoms with E-state index in [0.29, 0.717) is 18.5 Å². The van der Waals surface area contributed by atoms with Crippen LogP contribution >= 0.6 is 0 Å². The van der Waals surface area contributed by atoms with E-state index in [4.69, 9.17) is 4.74 Å². The average Bonchev–Trinajstić information content (AvgIpc) is 2.41. The molecule has 18 heavy (non-hydrogen) atoms. The van der Waals surface area contributed by atoms with Crippen molar-refractivity contribution in [3.05, 3.63) is 11.3 Å². The minimum absolute atomic E-state index is 0.181. The minimum Gasteiger partial charge on any atom is -0.509 e.